The van der Waals surface area contributed by atoms with E-state index in [1.54, 1.807) is 38.1 Å². The number of rotatable bonds is 38. The summed E-state index contributed by atoms with van der Waals surface area (Å²) in [5.41, 5.74) is 3.23. The lowest BCUT2D eigenvalue weighted by Gasteiger charge is -2.14. The van der Waals surface area contributed by atoms with Gasteiger partial charge in [-0.1, -0.05) is 38.1 Å². The zero-order chi connectivity index (χ0) is 58.7. The Hall–Kier alpha value is -7.28. The number of hydrogen-bond acceptors (Lipinski definition) is 16. The highest BCUT2D eigenvalue weighted by Crippen LogP contribution is 2.20. The number of ether oxygens (including phenoxy) is 4. The topological polar surface area (TPSA) is 320 Å². The molecule has 2 aliphatic rings. The average molecular weight is 1120 g/mol. The van der Waals surface area contributed by atoms with Crippen LogP contribution in [0.3, 0.4) is 0 Å². The Kier molecular flexibility index (Phi) is 32.1. The van der Waals surface area contributed by atoms with Gasteiger partial charge in [0.25, 0.3) is 0 Å². The van der Waals surface area contributed by atoms with Crippen molar-refractivity contribution in [3.8, 4) is 0 Å². The molecule has 0 aromatic heterocycles. The van der Waals surface area contributed by atoms with E-state index in [0.717, 1.165) is 20.9 Å². The fourth-order valence-electron chi connectivity index (χ4n) is 7.67. The number of carbonyl (C=O) groups is 12. The van der Waals surface area contributed by atoms with Crippen LogP contribution >= 0.6 is 0 Å². The van der Waals surface area contributed by atoms with Crippen LogP contribution in [0.4, 0.5) is 11.4 Å². The number of benzene rings is 2. The van der Waals surface area contributed by atoms with Crippen molar-refractivity contribution in [3.63, 3.8) is 0 Å². The maximum atomic E-state index is 12.1. The number of likely N-dealkylation sites (tertiary alicyclic amines) is 2. The minimum atomic E-state index is -0.317. The molecule has 2 unspecified atom stereocenters. The van der Waals surface area contributed by atoms with E-state index >= 15 is 0 Å². The van der Waals surface area contributed by atoms with E-state index in [9.17, 15) is 57.5 Å². The largest absolute Gasteiger partial charge is 0.379 e. The molecule has 2 aliphatic heterocycles. The molecule has 2 atom stereocenters. The molecule has 0 aliphatic carbocycles. The van der Waals surface area contributed by atoms with E-state index in [2.05, 4.69) is 31.9 Å². The van der Waals surface area contributed by atoms with Gasteiger partial charge in [0.05, 0.1) is 65.7 Å². The predicted octanol–water partition coefficient (Wildman–Crippen LogP) is 1.96. The molecule has 2 aromatic rings. The first-order valence-electron chi connectivity index (χ1n) is 27.1. The summed E-state index contributed by atoms with van der Waals surface area (Å²) in [6.07, 6.45) is 3.30. The number of imide groups is 2. The highest BCUT2D eigenvalue weighted by atomic mass is 16.5. The summed E-state index contributed by atoms with van der Waals surface area (Å²) in [5.74, 6) is -2.59. The summed E-state index contributed by atoms with van der Waals surface area (Å²) < 4.78 is 21.6. The third-order valence-electron chi connectivity index (χ3n) is 12.2. The van der Waals surface area contributed by atoms with Crippen molar-refractivity contribution in [2.24, 2.45) is 11.8 Å². The van der Waals surface area contributed by atoms with Crippen molar-refractivity contribution in [3.05, 3.63) is 59.7 Å². The first-order chi connectivity index (χ1) is 38.3. The third-order valence-corrected chi connectivity index (χ3v) is 12.2. The highest BCUT2D eigenvalue weighted by molar-refractivity contribution is 6.04. The Morgan fingerprint density at radius 3 is 1.06 bits per heavy atom. The van der Waals surface area contributed by atoms with Gasteiger partial charge in [0.15, 0.2) is 0 Å². The van der Waals surface area contributed by atoms with Gasteiger partial charge in [-0.2, -0.15) is 0 Å². The van der Waals surface area contributed by atoms with Crippen molar-refractivity contribution in [1.29, 1.82) is 0 Å². The van der Waals surface area contributed by atoms with E-state index < -0.39 is 0 Å². The van der Waals surface area contributed by atoms with Crippen LogP contribution < -0.4 is 31.9 Å². The molecule has 80 heavy (non-hydrogen) atoms. The Bertz CT molecular complexity index is 2220. The summed E-state index contributed by atoms with van der Waals surface area (Å²) in [6.45, 7) is 10.1. The molecular formula is C56H80N8O16. The van der Waals surface area contributed by atoms with Crippen molar-refractivity contribution in [2.75, 3.05) is 103 Å². The maximum absolute atomic E-state index is 12.1. The lowest BCUT2D eigenvalue weighted by atomic mass is 10.1. The first-order valence-corrected chi connectivity index (χ1v) is 27.1. The first kappa shape index (κ1) is 67.0. The zero-order valence-electron chi connectivity index (χ0n) is 46.6. The van der Waals surface area contributed by atoms with Gasteiger partial charge >= 0.3 is 0 Å². The molecule has 0 spiro atoms. The van der Waals surface area contributed by atoms with E-state index in [-0.39, 0.29) is 161 Å². The third kappa shape index (κ3) is 29.1. The van der Waals surface area contributed by atoms with Gasteiger partial charge in [0.1, 0.15) is 11.6 Å². The zero-order valence-corrected chi connectivity index (χ0v) is 46.6. The van der Waals surface area contributed by atoms with E-state index in [4.69, 9.17) is 18.9 Å². The van der Waals surface area contributed by atoms with Crippen molar-refractivity contribution in [1.82, 2.24) is 31.1 Å². The van der Waals surface area contributed by atoms with Gasteiger partial charge in [-0.05, 0) is 62.1 Å². The van der Waals surface area contributed by atoms with Gasteiger partial charge in [0, 0.05) is 114 Å². The molecule has 2 aromatic carbocycles. The SMILES string of the molecule is CC(=O)CCNC(=O)CCc1ccc(NC(=O)CCOCCOCCNC(=O)CCN2C(=O)CC(C)C2=O)cc1.CC(=O)CCNC(=O)CCc1ccc(NC(=O)CCOCCOCCNC(=O)CCN2C(=O)CC(C)C2=O)cc1. The minimum absolute atomic E-state index is 0.0370. The second-order valence-electron chi connectivity index (χ2n) is 19.2. The van der Waals surface area contributed by atoms with Crippen LogP contribution in [-0.4, -0.2) is 173 Å². The second-order valence-corrected chi connectivity index (χ2v) is 19.2. The molecule has 2 heterocycles. The Labute approximate surface area is 467 Å². The van der Waals surface area contributed by atoms with Gasteiger partial charge in [-0.15, -0.1) is 0 Å². The van der Waals surface area contributed by atoms with Crippen LogP contribution in [0.25, 0.3) is 0 Å². The lowest BCUT2D eigenvalue weighted by Crippen LogP contribution is -2.35. The average Bonchev–Trinajstić information content (AvgIpc) is 3.81. The number of carbonyl (C=O) groups excluding carboxylic acids is 12. The molecular weight excluding hydrogens is 1040 g/mol. The van der Waals surface area contributed by atoms with Crippen molar-refractivity contribution >= 4 is 82.0 Å². The number of nitrogens with one attached hydrogen (secondary N) is 6. The summed E-state index contributed by atoms with van der Waals surface area (Å²) >= 11 is 0. The van der Waals surface area contributed by atoms with Gasteiger partial charge in [0.2, 0.25) is 59.1 Å². The molecule has 6 N–H and O–H groups in total. The smallest absolute Gasteiger partial charge is 0.232 e. The molecule has 0 saturated carbocycles. The number of hydrogen-bond donors (Lipinski definition) is 6. The molecule has 24 nitrogen and oxygen atoms in total. The minimum Gasteiger partial charge on any atom is -0.379 e. The van der Waals surface area contributed by atoms with Crippen LogP contribution in [0.1, 0.15) is 103 Å². The van der Waals surface area contributed by atoms with Crippen LogP contribution in [-0.2, 0) is 89.3 Å². The van der Waals surface area contributed by atoms with Crippen molar-refractivity contribution in [2.45, 2.75) is 105 Å². The van der Waals surface area contributed by atoms with Crippen LogP contribution in [0, 0.1) is 11.8 Å². The van der Waals surface area contributed by atoms with Gasteiger partial charge in [-0.25, -0.2) is 0 Å². The number of amides is 10. The summed E-state index contributed by atoms with van der Waals surface area (Å²) in [5, 5.41) is 16.4. The molecule has 24 heteroatoms. The van der Waals surface area contributed by atoms with E-state index in [1.165, 1.54) is 13.8 Å². The Morgan fingerprint density at radius 1 is 0.412 bits per heavy atom. The Balaban J connectivity index is 0.000000420. The van der Waals surface area contributed by atoms with Crippen molar-refractivity contribution < 1.29 is 76.5 Å². The van der Waals surface area contributed by atoms with Gasteiger partial charge in [-0.3, -0.25) is 67.3 Å². The molecule has 0 radical (unpaired) electrons. The lowest BCUT2D eigenvalue weighted by molar-refractivity contribution is -0.141. The van der Waals surface area contributed by atoms with Crippen LogP contribution in [0.5, 0.6) is 0 Å². The summed E-state index contributed by atoms with van der Waals surface area (Å²) in [6, 6.07) is 14.5. The number of ketones is 2. The number of nitrogens with zero attached hydrogens (tertiary/aromatic N) is 2. The number of Topliss-reactive ketones (excluding diaryl/α,β-unsaturated/α-hetero) is 2. The second kappa shape index (κ2) is 38.3. The highest BCUT2D eigenvalue weighted by Gasteiger charge is 2.36. The Morgan fingerprint density at radius 2 is 0.738 bits per heavy atom. The molecule has 2 fully saturated rings. The quantitative estimate of drug-likeness (QED) is 0.0414. The number of aryl methyl sites for hydroxylation is 2. The predicted molar refractivity (Wildman–Crippen MR) is 292 cm³/mol. The number of anilines is 2. The fourth-order valence-corrected chi connectivity index (χ4v) is 7.67. The van der Waals surface area contributed by atoms with Crippen LogP contribution in [0.15, 0.2) is 48.5 Å². The fraction of sp³-hybridized carbons (Fsp3) is 0.571. The molecule has 4 rings (SSSR count). The standard InChI is InChI=1S/2C28H40N4O8/c2*1-20-19-27(37)32(28(20)38)14-10-25(35)30-13-16-40-18-17-39-15-11-26(36)31-23-6-3-22(4-7-23)5-8-24(34)29-12-9-21(2)33/h2*3-4,6-7,20H,5,8-19H2,1-2H3,(H,29,34)(H,30,35)(H,31,36). The normalized spacial score (nSPS) is 14.8. The molecule has 0 bridgehead atoms. The molecule has 10 amide bonds. The van der Waals surface area contributed by atoms with E-state index in [0.29, 0.717) is 103 Å². The summed E-state index contributed by atoms with van der Waals surface area (Å²) in [4.78, 5) is 143. The van der Waals surface area contributed by atoms with Gasteiger partial charge < -0.3 is 50.8 Å². The van der Waals surface area contributed by atoms with Crippen LogP contribution in [0.2, 0.25) is 0 Å². The monoisotopic (exact) mass is 1120 g/mol. The summed E-state index contributed by atoms with van der Waals surface area (Å²) in [7, 11) is 0. The van der Waals surface area contributed by atoms with E-state index in [1.807, 2.05) is 24.3 Å². The molecule has 440 valence electrons. The maximum Gasteiger partial charge on any atom is 0.232 e. The molecule has 2 saturated heterocycles.